The van der Waals surface area contributed by atoms with Crippen LogP contribution in [0, 0.1) is 6.92 Å². The monoisotopic (exact) mass is 534 g/mol. The van der Waals surface area contributed by atoms with E-state index in [1.165, 1.54) is 42.6 Å². The van der Waals surface area contributed by atoms with Crippen molar-refractivity contribution >= 4 is 58.6 Å². The van der Waals surface area contributed by atoms with Crippen molar-refractivity contribution < 1.29 is 0 Å². The summed E-state index contributed by atoms with van der Waals surface area (Å²) in [6.45, 7) is 11.0. The highest BCUT2D eigenvalue weighted by atomic mass is 32.2. The van der Waals surface area contributed by atoms with Gasteiger partial charge in [0.05, 0.1) is 21.9 Å². The molecule has 0 saturated carbocycles. The number of anilines is 3. The highest BCUT2D eigenvalue weighted by Crippen LogP contribution is 2.34. The van der Waals surface area contributed by atoms with Crippen molar-refractivity contribution in [3.63, 3.8) is 0 Å². The van der Waals surface area contributed by atoms with Gasteiger partial charge in [0.2, 0.25) is 0 Å². The molecule has 3 N–H and O–H groups in total. The van der Waals surface area contributed by atoms with Crippen molar-refractivity contribution in [1.29, 1.82) is 0 Å². The predicted molar refractivity (Wildman–Crippen MR) is 166 cm³/mol. The van der Waals surface area contributed by atoms with E-state index in [2.05, 4.69) is 77.1 Å². The molecule has 3 aromatic rings. The molecule has 1 aromatic heterocycles. The fourth-order valence-corrected chi connectivity index (χ4v) is 6.09. The first-order valence-electron chi connectivity index (χ1n) is 12.8. The second-order valence-electron chi connectivity index (χ2n) is 9.41. The van der Waals surface area contributed by atoms with Gasteiger partial charge in [-0.2, -0.15) is 0 Å². The first kappa shape index (κ1) is 27.2. The third kappa shape index (κ3) is 6.74. The molecular formula is C29H38N6S2. The fraction of sp³-hybridized carbons (Fsp3) is 0.379. The van der Waals surface area contributed by atoms with E-state index >= 15 is 0 Å². The Bertz CT molecular complexity index is 1230. The molecule has 2 heterocycles. The summed E-state index contributed by atoms with van der Waals surface area (Å²) in [6, 6.07) is 14.9. The quantitative estimate of drug-likeness (QED) is 0.144. The van der Waals surface area contributed by atoms with Crippen LogP contribution in [0.25, 0.3) is 0 Å². The average molecular weight is 535 g/mol. The third-order valence-corrected chi connectivity index (χ3v) is 8.29. The molecule has 0 unspecified atom stereocenters. The molecule has 0 amide bonds. The second kappa shape index (κ2) is 13.1. The first-order chi connectivity index (χ1) is 18.0. The van der Waals surface area contributed by atoms with Crippen LogP contribution in [0.4, 0.5) is 22.7 Å². The predicted octanol–water partition coefficient (Wildman–Crippen LogP) is 7.38. The largest absolute Gasteiger partial charge is 0.366 e. The van der Waals surface area contributed by atoms with E-state index < -0.39 is 0 Å². The molecule has 0 radical (unpaired) electrons. The zero-order chi connectivity index (χ0) is 26.2. The summed E-state index contributed by atoms with van der Waals surface area (Å²) in [6.07, 6.45) is 5.47. The molecule has 1 fully saturated rings. The number of para-hydroxylation sites is 2. The van der Waals surface area contributed by atoms with Gasteiger partial charge in [-0.1, -0.05) is 37.1 Å². The van der Waals surface area contributed by atoms with Crippen molar-refractivity contribution in [2.75, 3.05) is 48.4 Å². The number of likely N-dealkylation sites (tertiary alicyclic amines) is 1. The molecule has 0 aliphatic carbocycles. The van der Waals surface area contributed by atoms with Gasteiger partial charge < -0.3 is 20.3 Å². The van der Waals surface area contributed by atoms with Gasteiger partial charge >= 0.3 is 0 Å². The number of hydrogen-bond donors (Lipinski definition) is 3. The van der Waals surface area contributed by atoms with E-state index in [9.17, 15) is 0 Å². The number of thiophene rings is 1. The number of aryl methyl sites for hydroxylation is 2. The van der Waals surface area contributed by atoms with Crippen LogP contribution in [-0.4, -0.2) is 50.5 Å². The lowest BCUT2D eigenvalue weighted by Crippen LogP contribution is -2.29. The van der Waals surface area contributed by atoms with Crippen LogP contribution in [0.5, 0.6) is 0 Å². The third-order valence-electron chi connectivity index (χ3n) is 6.96. The SMILES string of the molecule is C=Nc1ccsc1/C(=N\CNc1cc(C)c(C2CCN(C)CC2)cc1CC)Nc1ccccc1NSC. The van der Waals surface area contributed by atoms with E-state index in [0.29, 0.717) is 12.6 Å². The Balaban J connectivity index is 1.57. The van der Waals surface area contributed by atoms with E-state index in [1.807, 2.05) is 29.8 Å². The van der Waals surface area contributed by atoms with Gasteiger partial charge in [-0.25, -0.2) is 4.99 Å². The summed E-state index contributed by atoms with van der Waals surface area (Å²) in [4.78, 5) is 12.6. The number of nitrogens with zero attached hydrogens (tertiary/aromatic N) is 3. The summed E-state index contributed by atoms with van der Waals surface area (Å²) in [5.41, 5.74) is 8.20. The minimum atomic E-state index is 0.453. The van der Waals surface area contributed by atoms with E-state index in [1.54, 1.807) is 23.3 Å². The maximum Gasteiger partial charge on any atom is 0.147 e. The van der Waals surface area contributed by atoms with Crippen molar-refractivity contribution in [1.82, 2.24) is 4.90 Å². The summed E-state index contributed by atoms with van der Waals surface area (Å²) < 4.78 is 3.34. The van der Waals surface area contributed by atoms with Crippen molar-refractivity contribution in [2.24, 2.45) is 9.98 Å². The van der Waals surface area contributed by atoms with E-state index in [-0.39, 0.29) is 0 Å². The highest BCUT2D eigenvalue weighted by Gasteiger charge is 2.21. The van der Waals surface area contributed by atoms with Crippen LogP contribution >= 0.6 is 23.3 Å². The maximum absolute atomic E-state index is 4.97. The first-order valence-corrected chi connectivity index (χ1v) is 14.9. The van der Waals surface area contributed by atoms with Crippen LogP contribution in [0.3, 0.4) is 0 Å². The van der Waals surface area contributed by atoms with Gasteiger partial charge in [-0.15, -0.1) is 11.3 Å². The topological polar surface area (TPSA) is 64.0 Å². The molecular weight excluding hydrogens is 496 g/mol. The molecule has 1 saturated heterocycles. The number of nitrogens with one attached hydrogen (secondary N) is 3. The van der Waals surface area contributed by atoms with Gasteiger partial charge in [0, 0.05) is 11.9 Å². The summed E-state index contributed by atoms with van der Waals surface area (Å²) >= 11 is 3.17. The lowest BCUT2D eigenvalue weighted by Gasteiger charge is -2.30. The Morgan fingerprint density at radius 3 is 2.59 bits per heavy atom. The second-order valence-corrected chi connectivity index (χ2v) is 10.9. The minimum absolute atomic E-state index is 0.453. The average Bonchev–Trinajstić information content (AvgIpc) is 3.39. The number of amidine groups is 1. The summed E-state index contributed by atoms with van der Waals surface area (Å²) in [7, 11) is 2.22. The van der Waals surface area contributed by atoms with E-state index in [4.69, 9.17) is 4.99 Å². The van der Waals surface area contributed by atoms with Crippen LogP contribution in [0.15, 0.2) is 57.8 Å². The fourth-order valence-electron chi connectivity index (χ4n) is 4.88. The van der Waals surface area contributed by atoms with E-state index in [0.717, 1.165) is 39.9 Å². The molecule has 2 aromatic carbocycles. The zero-order valence-electron chi connectivity index (χ0n) is 22.3. The molecule has 6 nitrogen and oxygen atoms in total. The van der Waals surface area contributed by atoms with Crippen molar-refractivity contribution in [3.05, 3.63) is 69.4 Å². The molecule has 0 bridgehead atoms. The summed E-state index contributed by atoms with van der Waals surface area (Å²) in [5.74, 6) is 1.43. The van der Waals surface area contributed by atoms with Crippen LogP contribution in [-0.2, 0) is 6.42 Å². The zero-order valence-corrected chi connectivity index (χ0v) is 23.9. The van der Waals surface area contributed by atoms with Gasteiger partial charge in [0.15, 0.2) is 0 Å². The molecule has 4 rings (SSSR count). The Kier molecular flexibility index (Phi) is 9.66. The smallest absolute Gasteiger partial charge is 0.147 e. The van der Waals surface area contributed by atoms with Gasteiger partial charge in [-0.3, -0.25) is 4.99 Å². The minimum Gasteiger partial charge on any atom is -0.366 e. The highest BCUT2D eigenvalue weighted by molar-refractivity contribution is 7.99. The molecule has 1 aliphatic heterocycles. The molecule has 8 heteroatoms. The van der Waals surface area contributed by atoms with Crippen LogP contribution < -0.4 is 15.4 Å². The van der Waals surface area contributed by atoms with Gasteiger partial charge in [0.1, 0.15) is 12.5 Å². The maximum atomic E-state index is 4.97. The Hall–Kier alpha value is -2.81. The van der Waals surface area contributed by atoms with Crippen LogP contribution in [0.2, 0.25) is 0 Å². The Morgan fingerprint density at radius 2 is 1.89 bits per heavy atom. The molecule has 0 spiro atoms. The Morgan fingerprint density at radius 1 is 1.14 bits per heavy atom. The number of piperidine rings is 1. The molecule has 0 atom stereocenters. The van der Waals surface area contributed by atoms with Crippen LogP contribution in [0.1, 0.15) is 47.3 Å². The number of aliphatic imine (C=N–C) groups is 2. The Labute approximate surface area is 229 Å². The van der Waals surface area contributed by atoms with Crippen molar-refractivity contribution in [2.45, 2.75) is 39.0 Å². The normalized spacial score (nSPS) is 15.0. The lowest BCUT2D eigenvalue weighted by molar-refractivity contribution is 0.255. The molecule has 37 heavy (non-hydrogen) atoms. The van der Waals surface area contributed by atoms with Gasteiger partial charge in [-0.05, 0) is 105 Å². The molecule has 196 valence electrons. The number of benzene rings is 2. The standard InChI is InChI=1S/C29H38N6S2/c1-6-21-18-23(22-11-14-35(4)15-12-22)20(2)17-27(21)31-19-32-29(28-26(30-3)13-16-37-28)33-24-9-7-8-10-25(24)34-36-5/h7-10,13,16-18,22,31,34H,3,6,11-12,14-15,19H2,1-2,4-5H3,(H,32,33). The molecule has 1 aliphatic rings. The van der Waals surface area contributed by atoms with Crippen molar-refractivity contribution in [3.8, 4) is 0 Å². The number of hydrogen-bond acceptors (Lipinski definition) is 7. The summed E-state index contributed by atoms with van der Waals surface area (Å²) in [5, 5.41) is 9.17. The van der Waals surface area contributed by atoms with Gasteiger partial charge in [0.25, 0.3) is 0 Å². The number of rotatable bonds is 10. The lowest BCUT2D eigenvalue weighted by atomic mass is 9.85.